The lowest BCUT2D eigenvalue weighted by Gasteiger charge is -2.07. The standard InChI is InChI=1S/C12H14FNO/c13-11-8-14-6-5-10(11)12(15)7-9-3-1-2-4-9/h5-6,8-9H,1-4,7H2. The molecule has 0 amide bonds. The number of aromatic nitrogens is 1. The van der Waals surface area contributed by atoms with Crippen molar-refractivity contribution in [2.45, 2.75) is 32.1 Å². The normalized spacial score (nSPS) is 16.9. The Morgan fingerprint density at radius 3 is 2.87 bits per heavy atom. The van der Waals surface area contributed by atoms with Crippen LogP contribution in [0.15, 0.2) is 18.5 Å². The van der Waals surface area contributed by atoms with Crippen molar-refractivity contribution < 1.29 is 9.18 Å². The van der Waals surface area contributed by atoms with E-state index >= 15 is 0 Å². The number of nitrogens with zero attached hydrogens (tertiary/aromatic N) is 1. The van der Waals surface area contributed by atoms with Crippen molar-refractivity contribution in [1.82, 2.24) is 4.98 Å². The highest BCUT2D eigenvalue weighted by atomic mass is 19.1. The third-order valence-electron chi connectivity index (χ3n) is 3.02. The van der Waals surface area contributed by atoms with Crippen LogP contribution in [0.3, 0.4) is 0 Å². The Kier molecular flexibility index (Phi) is 3.09. The monoisotopic (exact) mass is 207 g/mol. The van der Waals surface area contributed by atoms with E-state index in [1.54, 1.807) is 0 Å². The van der Waals surface area contributed by atoms with Gasteiger partial charge in [0.05, 0.1) is 11.8 Å². The number of carbonyl (C=O) groups is 1. The smallest absolute Gasteiger partial charge is 0.166 e. The summed E-state index contributed by atoms with van der Waals surface area (Å²) in [6.07, 6.45) is 7.68. The van der Waals surface area contributed by atoms with Crippen LogP contribution in [-0.2, 0) is 0 Å². The third kappa shape index (κ3) is 2.41. The summed E-state index contributed by atoms with van der Waals surface area (Å²) in [5, 5.41) is 0. The number of pyridine rings is 1. The van der Waals surface area contributed by atoms with Crippen LogP contribution in [0.5, 0.6) is 0 Å². The second-order valence-electron chi connectivity index (χ2n) is 4.13. The molecule has 1 aliphatic carbocycles. The van der Waals surface area contributed by atoms with Crippen LogP contribution in [0.1, 0.15) is 42.5 Å². The van der Waals surface area contributed by atoms with Gasteiger partial charge in [-0.2, -0.15) is 0 Å². The number of Topliss-reactive ketones (excluding diaryl/α,β-unsaturated/α-hetero) is 1. The Morgan fingerprint density at radius 2 is 2.20 bits per heavy atom. The fourth-order valence-corrected chi connectivity index (χ4v) is 2.19. The number of halogens is 1. The minimum Gasteiger partial charge on any atom is -0.294 e. The van der Waals surface area contributed by atoms with Crippen molar-refractivity contribution in [2.75, 3.05) is 0 Å². The average molecular weight is 207 g/mol. The molecule has 80 valence electrons. The van der Waals surface area contributed by atoms with Crippen molar-refractivity contribution >= 4 is 5.78 Å². The van der Waals surface area contributed by atoms with E-state index in [9.17, 15) is 9.18 Å². The van der Waals surface area contributed by atoms with Gasteiger partial charge in [0.15, 0.2) is 11.6 Å². The topological polar surface area (TPSA) is 30.0 Å². The second-order valence-corrected chi connectivity index (χ2v) is 4.13. The first kappa shape index (κ1) is 10.3. The maximum absolute atomic E-state index is 13.2. The Morgan fingerprint density at radius 1 is 1.47 bits per heavy atom. The molecule has 0 bridgehead atoms. The second kappa shape index (κ2) is 4.51. The first-order chi connectivity index (χ1) is 7.27. The molecule has 1 fully saturated rings. The molecule has 2 rings (SSSR count). The highest BCUT2D eigenvalue weighted by Crippen LogP contribution is 2.28. The Labute approximate surface area is 88.5 Å². The van der Waals surface area contributed by atoms with Crippen LogP contribution in [0.2, 0.25) is 0 Å². The van der Waals surface area contributed by atoms with Crippen LogP contribution in [0, 0.1) is 11.7 Å². The molecule has 1 saturated carbocycles. The van der Waals surface area contributed by atoms with Gasteiger partial charge in [0.2, 0.25) is 0 Å². The summed E-state index contributed by atoms with van der Waals surface area (Å²) >= 11 is 0. The van der Waals surface area contributed by atoms with E-state index < -0.39 is 5.82 Å². The van der Waals surface area contributed by atoms with Crippen LogP contribution >= 0.6 is 0 Å². The SMILES string of the molecule is O=C(CC1CCCC1)c1ccncc1F. The van der Waals surface area contributed by atoms with E-state index in [0.29, 0.717) is 12.3 Å². The molecule has 0 N–H and O–H groups in total. The minimum atomic E-state index is -0.500. The largest absolute Gasteiger partial charge is 0.294 e. The number of ketones is 1. The van der Waals surface area contributed by atoms with Crippen molar-refractivity contribution in [3.05, 3.63) is 29.8 Å². The molecular formula is C12H14FNO. The van der Waals surface area contributed by atoms with E-state index in [-0.39, 0.29) is 11.3 Å². The van der Waals surface area contributed by atoms with Gasteiger partial charge < -0.3 is 0 Å². The van der Waals surface area contributed by atoms with Crippen molar-refractivity contribution in [2.24, 2.45) is 5.92 Å². The van der Waals surface area contributed by atoms with Crippen LogP contribution in [-0.4, -0.2) is 10.8 Å². The van der Waals surface area contributed by atoms with Gasteiger partial charge in [-0.3, -0.25) is 9.78 Å². The van der Waals surface area contributed by atoms with Gasteiger partial charge in [0, 0.05) is 12.6 Å². The summed E-state index contributed by atoms with van der Waals surface area (Å²) in [5.74, 6) is -0.118. The maximum atomic E-state index is 13.2. The zero-order chi connectivity index (χ0) is 10.7. The summed E-state index contributed by atoms with van der Waals surface area (Å²) in [7, 11) is 0. The lowest BCUT2D eigenvalue weighted by atomic mass is 9.97. The van der Waals surface area contributed by atoms with E-state index in [0.717, 1.165) is 19.0 Å². The number of rotatable bonds is 3. The highest BCUT2D eigenvalue weighted by Gasteiger charge is 2.20. The summed E-state index contributed by atoms with van der Waals surface area (Å²) in [4.78, 5) is 15.4. The zero-order valence-electron chi connectivity index (χ0n) is 8.58. The van der Waals surface area contributed by atoms with Crippen molar-refractivity contribution in [3.8, 4) is 0 Å². The van der Waals surface area contributed by atoms with Gasteiger partial charge in [-0.15, -0.1) is 0 Å². The zero-order valence-corrected chi connectivity index (χ0v) is 8.58. The van der Waals surface area contributed by atoms with Gasteiger partial charge in [0.25, 0.3) is 0 Å². The minimum absolute atomic E-state index is 0.0817. The number of hydrogen-bond donors (Lipinski definition) is 0. The van der Waals surface area contributed by atoms with E-state index in [1.807, 2.05) is 0 Å². The lowest BCUT2D eigenvalue weighted by Crippen LogP contribution is -2.08. The summed E-state index contributed by atoms with van der Waals surface area (Å²) < 4.78 is 13.2. The van der Waals surface area contributed by atoms with Gasteiger partial charge in [0.1, 0.15) is 0 Å². The molecule has 0 spiro atoms. The fourth-order valence-electron chi connectivity index (χ4n) is 2.19. The van der Waals surface area contributed by atoms with Gasteiger partial charge >= 0.3 is 0 Å². The molecule has 0 radical (unpaired) electrons. The third-order valence-corrected chi connectivity index (χ3v) is 3.02. The summed E-state index contributed by atoms with van der Waals surface area (Å²) in [6, 6.07) is 1.46. The Hall–Kier alpha value is -1.25. The molecule has 0 unspecified atom stereocenters. The van der Waals surface area contributed by atoms with E-state index in [2.05, 4.69) is 4.98 Å². The molecule has 0 atom stereocenters. The number of hydrogen-bond acceptors (Lipinski definition) is 2. The average Bonchev–Trinajstić information content (AvgIpc) is 2.71. The summed E-state index contributed by atoms with van der Waals surface area (Å²) in [6.45, 7) is 0. The molecule has 1 aromatic rings. The predicted molar refractivity (Wildman–Crippen MR) is 55.1 cm³/mol. The van der Waals surface area contributed by atoms with Crippen molar-refractivity contribution in [3.63, 3.8) is 0 Å². The quantitative estimate of drug-likeness (QED) is 0.713. The van der Waals surface area contributed by atoms with Crippen LogP contribution in [0.4, 0.5) is 4.39 Å². The molecule has 2 nitrogen and oxygen atoms in total. The molecular weight excluding hydrogens is 193 g/mol. The molecule has 1 heterocycles. The Balaban J connectivity index is 2.04. The molecule has 0 saturated heterocycles. The van der Waals surface area contributed by atoms with Crippen LogP contribution < -0.4 is 0 Å². The van der Waals surface area contributed by atoms with Gasteiger partial charge in [-0.25, -0.2) is 4.39 Å². The fraction of sp³-hybridized carbons (Fsp3) is 0.500. The van der Waals surface area contributed by atoms with Crippen LogP contribution in [0.25, 0.3) is 0 Å². The predicted octanol–water partition coefficient (Wildman–Crippen LogP) is 2.98. The highest BCUT2D eigenvalue weighted by molar-refractivity contribution is 5.96. The number of carbonyl (C=O) groups excluding carboxylic acids is 1. The first-order valence-electron chi connectivity index (χ1n) is 5.40. The Bertz CT molecular complexity index is 358. The molecule has 0 aromatic carbocycles. The van der Waals surface area contributed by atoms with Gasteiger partial charge in [-0.05, 0) is 12.0 Å². The molecule has 1 aliphatic rings. The van der Waals surface area contributed by atoms with E-state index in [4.69, 9.17) is 0 Å². The molecule has 0 aliphatic heterocycles. The summed E-state index contributed by atoms with van der Waals surface area (Å²) in [5.41, 5.74) is 0.192. The van der Waals surface area contributed by atoms with E-state index in [1.165, 1.54) is 25.1 Å². The molecule has 15 heavy (non-hydrogen) atoms. The van der Waals surface area contributed by atoms with Gasteiger partial charge in [-0.1, -0.05) is 25.7 Å². The lowest BCUT2D eigenvalue weighted by molar-refractivity contribution is 0.0958. The first-order valence-corrected chi connectivity index (χ1v) is 5.40. The molecule has 1 aromatic heterocycles. The van der Waals surface area contributed by atoms with Crippen molar-refractivity contribution in [1.29, 1.82) is 0 Å². The molecule has 3 heteroatoms. The maximum Gasteiger partial charge on any atom is 0.166 e.